The van der Waals surface area contributed by atoms with Crippen LogP contribution in [0.3, 0.4) is 0 Å². The molecule has 0 atom stereocenters. The van der Waals surface area contributed by atoms with Gasteiger partial charge in [-0.1, -0.05) is 35.8 Å². The van der Waals surface area contributed by atoms with E-state index in [0.717, 1.165) is 41.8 Å². The average Bonchev–Trinajstić information content (AvgIpc) is 2.66. The van der Waals surface area contributed by atoms with Crippen molar-refractivity contribution < 1.29 is 9.59 Å². The highest BCUT2D eigenvalue weighted by atomic mass is 79.9. The minimum Gasteiger partial charge on any atom is -0.376 e. The number of amides is 2. The van der Waals surface area contributed by atoms with Gasteiger partial charge in [-0.05, 0) is 55.3 Å². The van der Waals surface area contributed by atoms with Gasteiger partial charge in [-0.3, -0.25) is 9.59 Å². The van der Waals surface area contributed by atoms with Crippen molar-refractivity contribution in [3.8, 4) is 0 Å². The van der Waals surface area contributed by atoms with Crippen LogP contribution in [0, 0.1) is 0 Å². The molecule has 144 valence electrons. The molecule has 5 nitrogen and oxygen atoms in total. The average molecular weight is 432 g/mol. The molecule has 0 aliphatic rings. The first-order chi connectivity index (χ1) is 13.0. The number of nitrogens with one attached hydrogen (secondary N) is 2. The number of halogens is 1. The van der Waals surface area contributed by atoms with Crippen LogP contribution in [0.5, 0.6) is 0 Å². The predicted molar refractivity (Wildman–Crippen MR) is 114 cm³/mol. The van der Waals surface area contributed by atoms with Crippen LogP contribution >= 0.6 is 15.9 Å². The summed E-state index contributed by atoms with van der Waals surface area (Å²) in [6, 6.07) is 14.7. The fourth-order valence-electron chi connectivity index (χ4n) is 2.72. The molecule has 0 saturated heterocycles. The molecule has 2 amide bonds. The van der Waals surface area contributed by atoms with Crippen LogP contribution in [-0.2, 0) is 4.79 Å². The van der Waals surface area contributed by atoms with Gasteiger partial charge in [0.1, 0.15) is 0 Å². The van der Waals surface area contributed by atoms with Crippen molar-refractivity contribution >= 4 is 39.1 Å². The van der Waals surface area contributed by atoms with Crippen LogP contribution in [0.2, 0.25) is 0 Å². The Morgan fingerprint density at radius 3 is 2.22 bits per heavy atom. The van der Waals surface area contributed by atoms with Crippen molar-refractivity contribution in [3.63, 3.8) is 0 Å². The van der Waals surface area contributed by atoms with Gasteiger partial charge in [0.25, 0.3) is 5.91 Å². The summed E-state index contributed by atoms with van der Waals surface area (Å²) in [5, 5.41) is 5.91. The van der Waals surface area contributed by atoms with E-state index in [-0.39, 0.29) is 18.4 Å². The van der Waals surface area contributed by atoms with Gasteiger partial charge in [0.2, 0.25) is 5.91 Å². The number of anilines is 2. The van der Waals surface area contributed by atoms with Gasteiger partial charge in [0.15, 0.2) is 0 Å². The molecule has 0 heterocycles. The molecule has 2 N–H and O–H groups in total. The maximum absolute atomic E-state index is 12.6. The van der Waals surface area contributed by atoms with E-state index in [1.165, 1.54) is 0 Å². The number of nitrogens with zero attached hydrogens (tertiary/aromatic N) is 1. The molecule has 0 aliphatic carbocycles. The smallest absolute Gasteiger partial charge is 0.253 e. The quantitative estimate of drug-likeness (QED) is 0.601. The number of carbonyl (C=O) groups excluding carboxylic acids is 2. The first-order valence-electron chi connectivity index (χ1n) is 9.22. The monoisotopic (exact) mass is 431 g/mol. The molecule has 27 heavy (non-hydrogen) atoms. The Labute approximate surface area is 169 Å². The Hall–Kier alpha value is -2.34. The summed E-state index contributed by atoms with van der Waals surface area (Å²) in [5.74, 6) is -0.0806. The maximum atomic E-state index is 12.6. The third-order valence-electron chi connectivity index (χ3n) is 3.97. The molecule has 0 spiro atoms. The first kappa shape index (κ1) is 21.0. The van der Waals surface area contributed by atoms with Crippen molar-refractivity contribution in [1.29, 1.82) is 0 Å². The fourth-order valence-corrected chi connectivity index (χ4v) is 3.12. The van der Waals surface area contributed by atoms with Gasteiger partial charge in [-0.25, -0.2) is 0 Å². The van der Waals surface area contributed by atoms with E-state index in [1.807, 2.05) is 41.3 Å². The van der Waals surface area contributed by atoms with E-state index in [1.54, 1.807) is 12.1 Å². The van der Waals surface area contributed by atoms with E-state index in [9.17, 15) is 9.59 Å². The highest BCUT2D eigenvalue weighted by molar-refractivity contribution is 9.10. The van der Waals surface area contributed by atoms with Crippen LogP contribution in [-0.4, -0.2) is 36.3 Å². The molecule has 2 rings (SSSR count). The fraction of sp³-hybridized carbons (Fsp3) is 0.333. The number of hydrogen-bond acceptors (Lipinski definition) is 3. The SMILES string of the molecule is CCCN(CCC)C(=O)c1ccc(NCC(=O)Nc2cccc(Br)c2)cc1. The van der Waals surface area contributed by atoms with Gasteiger partial charge < -0.3 is 15.5 Å². The van der Waals surface area contributed by atoms with Gasteiger partial charge in [-0.15, -0.1) is 0 Å². The molecule has 0 bridgehead atoms. The molecule has 0 saturated carbocycles. The highest BCUT2D eigenvalue weighted by Gasteiger charge is 2.14. The van der Waals surface area contributed by atoms with Crippen molar-refractivity contribution in [2.45, 2.75) is 26.7 Å². The van der Waals surface area contributed by atoms with Crippen LogP contribution in [0.4, 0.5) is 11.4 Å². The lowest BCUT2D eigenvalue weighted by molar-refractivity contribution is -0.114. The second kappa shape index (κ2) is 10.7. The lowest BCUT2D eigenvalue weighted by Gasteiger charge is -2.21. The standard InChI is InChI=1S/C21H26BrN3O2/c1-3-12-25(13-4-2)21(27)16-8-10-18(11-9-16)23-15-20(26)24-19-7-5-6-17(22)14-19/h5-11,14,23H,3-4,12-13,15H2,1-2H3,(H,24,26). The minimum absolute atomic E-state index is 0.0534. The van der Waals surface area contributed by atoms with Crippen LogP contribution in [0.15, 0.2) is 53.0 Å². The molecule has 0 unspecified atom stereocenters. The summed E-state index contributed by atoms with van der Waals surface area (Å²) in [4.78, 5) is 26.5. The highest BCUT2D eigenvalue weighted by Crippen LogP contribution is 2.16. The van der Waals surface area contributed by atoms with E-state index in [2.05, 4.69) is 40.4 Å². The van der Waals surface area contributed by atoms with Crippen molar-refractivity contribution in [3.05, 3.63) is 58.6 Å². The van der Waals surface area contributed by atoms with E-state index < -0.39 is 0 Å². The summed E-state index contributed by atoms with van der Waals surface area (Å²) in [6.45, 7) is 5.83. The third-order valence-corrected chi connectivity index (χ3v) is 4.46. The van der Waals surface area contributed by atoms with Gasteiger partial charge in [0.05, 0.1) is 6.54 Å². The molecule has 0 radical (unpaired) electrons. The number of carbonyl (C=O) groups is 2. The Morgan fingerprint density at radius 1 is 0.963 bits per heavy atom. The minimum atomic E-state index is -0.134. The second-order valence-electron chi connectivity index (χ2n) is 6.28. The van der Waals surface area contributed by atoms with Crippen LogP contribution in [0.25, 0.3) is 0 Å². The van der Waals surface area contributed by atoms with Crippen molar-refractivity contribution in [1.82, 2.24) is 4.90 Å². The van der Waals surface area contributed by atoms with E-state index in [4.69, 9.17) is 0 Å². The summed E-state index contributed by atoms with van der Waals surface area (Å²) in [6.07, 6.45) is 1.89. The van der Waals surface area contributed by atoms with Gasteiger partial charge in [0, 0.05) is 34.5 Å². The predicted octanol–water partition coefficient (Wildman–Crippen LogP) is 4.76. The summed E-state index contributed by atoms with van der Waals surface area (Å²) in [5.41, 5.74) is 2.21. The van der Waals surface area contributed by atoms with Crippen molar-refractivity contribution in [2.75, 3.05) is 30.3 Å². The number of benzene rings is 2. The second-order valence-corrected chi connectivity index (χ2v) is 7.20. The molecule has 2 aromatic carbocycles. The third kappa shape index (κ3) is 6.71. The van der Waals surface area contributed by atoms with Crippen LogP contribution < -0.4 is 10.6 Å². The van der Waals surface area contributed by atoms with Crippen LogP contribution in [0.1, 0.15) is 37.0 Å². The molecular weight excluding hydrogens is 406 g/mol. The molecule has 2 aromatic rings. The molecule has 6 heteroatoms. The normalized spacial score (nSPS) is 10.3. The zero-order chi connectivity index (χ0) is 19.6. The first-order valence-corrected chi connectivity index (χ1v) is 10.0. The lowest BCUT2D eigenvalue weighted by atomic mass is 10.1. The zero-order valence-corrected chi connectivity index (χ0v) is 17.4. The zero-order valence-electron chi connectivity index (χ0n) is 15.8. The van der Waals surface area contributed by atoms with Crippen molar-refractivity contribution in [2.24, 2.45) is 0 Å². The maximum Gasteiger partial charge on any atom is 0.253 e. The molecular formula is C21H26BrN3O2. The number of rotatable bonds is 9. The largest absolute Gasteiger partial charge is 0.376 e. The topological polar surface area (TPSA) is 61.4 Å². The lowest BCUT2D eigenvalue weighted by Crippen LogP contribution is -2.32. The van der Waals surface area contributed by atoms with Gasteiger partial charge in [-0.2, -0.15) is 0 Å². The Balaban J connectivity index is 1.89. The molecule has 0 fully saturated rings. The number of hydrogen-bond donors (Lipinski definition) is 2. The summed E-state index contributed by atoms with van der Waals surface area (Å²) < 4.78 is 0.911. The Kier molecular flexibility index (Phi) is 8.33. The molecule has 0 aliphatic heterocycles. The Bertz CT molecular complexity index is 756. The summed E-state index contributed by atoms with van der Waals surface area (Å²) >= 11 is 3.38. The van der Waals surface area contributed by atoms with E-state index >= 15 is 0 Å². The Morgan fingerprint density at radius 2 is 1.63 bits per heavy atom. The van der Waals surface area contributed by atoms with E-state index in [0.29, 0.717) is 5.56 Å². The van der Waals surface area contributed by atoms with Gasteiger partial charge >= 0.3 is 0 Å². The molecule has 0 aromatic heterocycles. The summed E-state index contributed by atoms with van der Waals surface area (Å²) in [7, 11) is 0.